The summed E-state index contributed by atoms with van der Waals surface area (Å²) in [7, 11) is 0. The van der Waals surface area contributed by atoms with Gasteiger partial charge in [0.2, 0.25) is 0 Å². The largest absolute Gasteiger partial charge is 0.328 e. The average molecular weight is 512 g/mol. The molecule has 1 aromatic heterocycles. The topological polar surface area (TPSA) is 55.2 Å². The van der Waals surface area contributed by atoms with E-state index in [1.165, 1.54) is 22.8 Å². The number of carbonyl (C=O) groups is 1. The molecule has 0 bridgehead atoms. The SMILES string of the molecule is CC(C)CN(C(=O)c1ccc(Cl)cc1)C(C)c1nc2ccccc2c(=O)n1-c1ccc(F)c(Cl)c1. The molecule has 0 radical (unpaired) electrons. The summed E-state index contributed by atoms with van der Waals surface area (Å²) in [5.74, 6) is -0.311. The first-order valence-corrected chi connectivity index (χ1v) is 12.0. The van der Waals surface area contributed by atoms with Crippen LogP contribution in [0.2, 0.25) is 10.0 Å². The molecule has 0 aliphatic rings. The number of hydrogen-bond donors (Lipinski definition) is 0. The van der Waals surface area contributed by atoms with Crippen LogP contribution in [0.4, 0.5) is 4.39 Å². The maximum Gasteiger partial charge on any atom is 0.266 e. The summed E-state index contributed by atoms with van der Waals surface area (Å²) in [5, 5.41) is 0.823. The molecule has 0 N–H and O–H groups in total. The average Bonchev–Trinajstić information content (AvgIpc) is 2.84. The lowest BCUT2D eigenvalue weighted by molar-refractivity contribution is 0.0655. The second-order valence-electron chi connectivity index (χ2n) is 8.76. The number of hydrogen-bond acceptors (Lipinski definition) is 3. The van der Waals surface area contributed by atoms with Crippen molar-refractivity contribution in [3.8, 4) is 5.69 Å². The van der Waals surface area contributed by atoms with Gasteiger partial charge in [0.05, 0.1) is 27.7 Å². The van der Waals surface area contributed by atoms with E-state index < -0.39 is 11.9 Å². The van der Waals surface area contributed by atoms with Crippen molar-refractivity contribution in [1.82, 2.24) is 14.5 Å². The molecule has 0 saturated heterocycles. The number of para-hydroxylation sites is 1. The Kier molecular flexibility index (Phi) is 7.24. The third-order valence-corrected chi connectivity index (χ3v) is 6.26. The van der Waals surface area contributed by atoms with Crippen LogP contribution in [0.15, 0.2) is 71.5 Å². The smallest absolute Gasteiger partial charge is 0.266 e. The summed E-state index contributed by atoms with van der Waals surface area (Å²) in [5.41, 5.74) is 1.02. The molecule has 0 saturated carbocycles. The van der Waals surface area contributed by atoms with Crippen molar-refractivity contribution in [3.63, 3.8) is 0 Å². The van der Waals surface area contributed by atoms with Crippen molar-refractivity contribution in [3.05, 3.63) is 104 Å². The van der Waals surface area contributed by atoms with E-state index in [0.29, 0.717) is 39.5 Å². The van der Waals surface area contributed by atoms with Gasteiger partial charge in [0.15, 0.2) is 0 Å². The number of nitrogens with zero attached hydrogens (tertiary/aromatic N) is 3. The summed E-state index contributed by atoms with van der Waals surface area (Å²) >= 11 is 12.1. The lowest BCUT2D eigenvalue weighted by atomic mass is 10.1. The first kappa shape index (κ1) is 24.9. The molecular weight excluding hydrogens is 488 g/mol. The van der Waals surface area contributed by atoms with Gasteiger partial charge in [-0.05, 0) is 67.4 Å². The molecule has 0 fully saturated rings. The Labute approximate surface area is 212 Å². The van der Waals surface area contributed by atoms with Gasteiger partial charge in [0, 0.05) is 17.1 Å². The number of halogens is 3. The normalized spacial score (nSPS) is 12.2. The fourth-order valence-corrected chi connectivity index (χ4v) is 4.31. The highest BCUT2D eigenvalue weighted by molar-refractivity contribution is 6.31. The lowest BCUT2D eigenvalue weighted by Gasteiger charge is -2.32. The summed E-state index contributed by atoms with van der Waals surface area (Å²) in [6, 6.07) is 17.1. The van der Waals surface area contributed by atoms with Crippen LogP contribution in [-0.2, 0) is 0 Å². The third-order valence-electron chi connectivity index (χ3n) is 5.72. The predicted octanol–water partition coefficient (Wildman–Crippen LogP) is 6.69. The molecule has 4 rings (SSSR count). The quantitative estimate of drug-likeness (QED) is 0.289. The minimum absolute atomic E-state index is 0.113. The highest BCUT2D eigenvalue weighted by atomic mass is 35.5. The standard InChI is InChI=1S/C27H24Cl2FN3O2/c1-16(2)15-32(26(34)18-8-10-19(28)11-9-18)17(3)25-31-24-7-5-4-6-21(24)27(35)33(25)20-12-13-23(30)22(29)14-20/h4-14,16-17H,15H2,1-3H3. The third kappa shape index (κ3) is 5.09. The van der Waals surface area contributed by atoms with Crippen molar-refractivity contribution in [2.75, 3.05) is 6.54 Å². The van der Waals surface area contributed by atoms with E-state index in [-0.39, 0.29) is 22.4 Å². The molecule has 180 valence electrons. The molecule has 35 heavy (non-hydrogen) atoms. The Morgan fingerprint density at radius 2 is 1.71 bits per heavy atom. The Bertz CT molecular complexity index is 1450. The van der Waals surface area contributed by atoms with E-state index >= 15 is 0 Å². The van der Waals surface area contributed by atoms with Gasteiger partial charge < -0.3 is 4.90 Å². The molecule has 1 amide bonds. The zero-order valence-corrected chi connectivity index (χ0v) is 21.0. The second kappa shape index (κ2) is 10.2. The molecule has 1 atom stereocenters. The van der Waals surface area contributed by atoms with Crippen molar-refractivity contribution >= 4 is 40.0 Å². The minimum atomic E-state index is -0.596. The Morgan fingerprint density at radius 1 is 1.03 bits per heavy atom. The number of fused-ring (bicyclic) bond motifs is 1. The molecule has 1 unspecified atom stereocenters. The minimum Gasteiger partial charge on any atom is -0.328 e. The fraction of sp³-hybridized carbons (Fsp3) is 0.222. The van der Waals surface area contributed by atoms with Crippen LogP contribution in [-0.4, -0.2) is 26.9 Å². The molecule has 0 aliphatic heterocycles. The van der Waals surface area contributed by atoms with Gasteiger partial charge in [-0.15, -0.1) is 0 Å². The summed E-state index contributed by atoms with van der Waals surface area (Å²) in [4.78, 5) is 33.7. The summed E-state index contributed by atoms with van der Waals surface area (Å²) < 4.78 is 15.3. The van der Waals surface area contributed by atoms with Crippen LogP contribution in [0.5, 0.6) is 0 Å². The van der Waals surface area contributed by atoms with E-state index in [2.05, 4.69) is 0 Å². The molecule has 1 heterocycles. The van der Waals surface area contributed by atoms with Crippen molar-refractivity contribution in [2.45, 2.75) is 26.8 Å². The van der Waals surface area contributed by atoms with Crippen molar-refractivity contribution in [1.29, 1.82) is 0 Å². The maximum atomic E-state index is 13.9. The summed E-state index contributed by atoms with van der Waals surface area (Å²) in [6.45, 7) is 6.27. The van der Waals surface area contributed by atoms with Gasteiger partial charge in [0.1, 0.15) is 11.6 Å². The molecule has 5 nitrogen and oxygen atoms in total. The zero-order valence-electron chi connectivity index (χ0n) is 19.5. The Balaban J connectivity index is 1.93. The van der Waals surface area contributed by atoms with E-state index in [0.717, 1.165) is 0 Å². The molecule has 8 heteroatoms. The second-order valence-corrected chi connectivity index (χ2v) is 9.60. The predicted molar refractivity (Wildman–Crippen MR) is 138 cm³/mol. The van der Waals surface area contributed by atoms with E-state index in [4.69, 9.17) is 28.2 Å². The molecule has 0 spiro atoms. The van der Waals surface area contributed by atoms with Crippen LogP contribution in [0, 0.1) is 11.7 Å². The Morgan fingerprint density at radius 3 is 2.37 bits per heavy atom. The molecule has 3 aromatic carbocycles. The van der Waals surface area contributed by atoms with Crippen LogP contribution in [0.25, 0.3) is 16.6 Å². The monoisotopic (exact) mass is 511 g/mol. The van der Waals surface area contributed by atoms with Gasteiger partial charge in [-0.25, -0.2) is 9.37 Å². The van der Waals surface area contributed by atoms with Crippen molar-refractivity contribution < 1.29 is 9.18 Å². The van der Waals surface area contributed by atoms with Crippen LogP contribution in [0.1, 0.15) is 43.0 Å². The molecular formula is C27H24Cl2FN3O2. The summed E-state index contributed by atoms with van der Waals surface area (Å²) in [6.07, 6.45) is 0. The molecule has 4 aromatic rings. The van der Waals surface area contributed by atoms with Gasteiger partial charge in [0.25, 0.3) is 11.5 Å². The van der Waals surface area contributed by atoms with E-state index in [9.17, 15) is 14.0 Å². The van der Waals surface area contributed by atoms with Gasteiger partial charge in [-0.3, -0.25) is 14.2 Å². The van der Waals surface area contributed by atoms with Crippen molar-refractivity contribution in [2.24, 2.45) is 5.92 Å². The van der Waals surface area contributed by atoms with Gasteiger partial charge in [-0.1, -0.05) is 49.2 Å². The lowest BCUT2D eigenvalue weighted by Crippen LogP contribution is -2.39. The van der Waals surface area contributed by atoms with Gasteiger partial charge in [-0.2, -0.15) is 0 Å². The number of aromatic nitrogens is 2. The number of benzene rings is 3. The first-order valence-electron chi connectivity index (χ1n) is 11.2. The molecule has 0 aliphatic carbocycles. The first-order chi connectivity index (χ1) is 16.7. The van der Waals surface area contributed by atoms with E-state index in [1.54, 1.807) is 53.4 Å². The van der Waals surface area contributed by atoms with Gasteiger partial charge >= 0.3 is 0 Å². The highest BCUT2D eigenvalue weighted by Gasteiger charge is 2.28. The highest BCUT2D eigenvalue weighted by Crippen LogP contribution is 2.27. The van der Waals surface area contributed by atoms with E-state index in [1.807, 2.05) is 20.8 Å². The zero-order chi connectivity index (χ0) is 25.3. The fourth-order valence-electron chi connectivity index (χ4n) is 4.01. The number of rotatable bonds is 6. The Hall–Kier alpha value is -3.22. The van der Waals surface area contributed by atoms with Crippen LogP contribution in [0.3, 0.4) is 0 Å². The van der Waals surface area contributed by atoms with Crippen LogP contribution < -0.4 is 5.56 Å². The maximum absolute atomic E-state index is 13.9. The number of carbonyl (C=O) groups excluding carboxylic acids is 1. The van der Waals surface area contributed by atoms with Crippen LogP contribution >= 0.6 is 23.2 Å². The number of amides is 1.